The Hall–Kier alpha value is -5.29. The van der Waals surface area contributed by atoms with Gasteiger partial charge in [-0.1, -0.05) is 93.6 Å². The number of carbonyl (C=O) groups excluding carboxylic acids is 3. The number of aromatic nitrogens is 2. The number of aryl methyl sites for hydroxylation is 1. The summed E-state index contributed by atoms with van der Waals surface area (Å²) in [6.07, 6.45) is 3.20. The lowest BCUT2D eigenvalue weighted by atomic mass is 9.93. The van der Waals surface area contributed by atoms with E-state index < -0.39 is 36.4 Å². The zero-order chi connectivity index (χ0) is 36.6. The first-order valence-electron chi connectivity index (χ1n) is 17.5. The number of pyridine rings is 2. The number of aliphatic hydroxyl groups excluding tert-OH is 1. The second kappa shape index (κ2) is 19.8. The number of aliphatic hydroxyl groups is 1. The maximum absolute atomic E-state index is 13.9. The standard InChI is InChI=1S/C40H50N6O5/c1-5-32-19-12-20-33(42-32)26-46(4)39(49)45-37(28(2)3)38(48)43-34(22-29-14-8-6-9-15-29)24-36(47)35(23-30-16-10-7-11-17-30)44-40(50)51-27-31-18-13-21-41-25-31/h6-21,25,28,34-37,47H,5,22-24,26-27H2,1-4H3,(H,43,48)(H,44,50)(H,45,49)/t34-,35-,36-,37?/m0/s1. The molecule has 11 heteroatoms. The lowest BCUT2D eigenvalue weighted by molar-refractivity contribution is -0.124. The molecule has 4 atom stereocenters. The van der Waals surface area contributed by atoms with Gasteiger partial charge in [0.2, 0.25) is 5.91 Å². The van der Waals surface area contributed by atoms with E-state index in [1.807, 2.05) is 99.6 Å². The van der Waals surface area contributed by atoms with Crippen molar-refractivity contribution in [1.82, 2.24) is 30.8 Å². The van der Waals surface area contributed by atoms with Crippen molar-refractivity contribution in [3.8, 4) is 0 Å². The van der Waals surface area contributed by atoms with Crippen molar-refractivity contribution in [2.75, 3.05) is 7.05 Å². The third kappa shape index (κ3) is 12.8. The van der Waals surface area contributed by atoms with Crippen molar-refractivity contribution in [3.05, 3.63) is 131 Å². The van der Waals surface area contributed by atoms with Crippen LogP contribution in [0.1, 0.15) is 55.3 Å². The zero-order valence-electron chi connectivity index (χ0n) is 29.9. The van der Waals surface area contributed by atoms with Crippen LogP contribution >= 0.6 is 0 Å². The topological polar surface area (TPSA) is 146 Å². The van der Waals surface area contributed by atoms with Crippen LogP contribution < -0.4 is 16.0 Å². The first kappa shape index (κ1) is 38.5. The molecule has 0 saturated carbocycles. The van der Waals surface area contributed by atoms with E-state index >= 15 is 0 Å². The molecular weight excluding hydrogens is 644 g/mol. The molecule has 0 radical (unpaired) electrons. The Balaban J connectivity index is 1.47. The smallest absolute Gasteiger partial charge is 0.407 e. The molecule has 11 nitrogen and oxygen atoms in total. The van der Waals surface area contributed by atoms with E-state index in [9.17, 15) is 19.5 Å². The fourth-order valence-electron chi connectivity index (χ4n) is 5.72. The van der Waals surface area contributed by atoms with Gasteiger partial charge < -0.3 is 30.7 Å². The molecule has 4 rings (SSSR count). The van der Waals surface area contributed by atoms with Crippen LogP contribution in [0.5, 0.6) is 0 Å². The highest BCUT2D eigenvalue weighted by Crippen LogP contribution is 2.16. The van der Waals surface area contributed by atoms with E-state index in [2.05, 4.69) is 25.9 Å². The van der Waals surface area contributed by atoms with E-state index in [0.717, 1.165) is 34.5 Å². The number of hydrogen-bond acceptors (Lipinski definition) is 7. The lowest BCUT2D eigenvalue weighted by Gasteiger charge is -2.30. The van der Waals surface area contributed by atoms with E-state index in [-0.39, 0.29) is 31.4 Å². The van der Waals surface area contributed by atoms with Crippen LogP contribution in [0.15, 0.2) is 103 Å². The Bertz CT molecular complexity index is 1660. The Morgan fingerprint density at radius 3 is 2.08 bits per heavy atom. The molecule has 2 heterocycles. The number of nitrogens with one attached hydrogen (secondary N) is 3. The van der Waals surface area contributed by atoms with Crippen molar-refractivity contribution < 1.29 is 24.2 Å². The SMILES string of the molecule is CCc1cccc(CN(C)C(=O)NC(C(=O)N[C@@H](Cc2ccccc2)C[C@H](O)[C@H](Cc2ccccc2)NC(=O)OCc2cccnc2)C(C)C)n1. The van der Waals surface area contributed by atoms with Gasteiger partial charge >= 0.3 is 12.1 Å². The molecule has 2 aromatic carbocycles. The molecule has 0 bridgehead atoms. The minimum Gasteiger partial charge on any atom is -0.445 e. The highest BCUT2D eigenvalue weighted by Gasteiger charge is 2.31. The van der Waals surface area contributed by atoms with Crippen LogP contribution in [0.4, 0.5) is 9.59 Å². The highest BCUT2D eigenvalue weighted by atomic mass is 16.5. The highest BCUT2D eigenvalue weighted by molar-refractivity contribution is 5.87. The van der Waals surface area contributed by atoms with Crippen molar-refractivity contribution >= 4 is 18.0 Å². The molecule has 51 heavy (non-hydrogen) atoms. The summed E-state index contributed by atoms with van der Waals surface area (Å²) in [5, 5.41) is 20.6. The predicted molar refractivity (Wildman–Crippen MR) is 196 cm³/mol. The summed E-state index contributed by atoms with van der Waals surface area (Å²) < 4.78 is 5.46. The van der Waals surface area contributed by atoms with Gasteiger partial charge in [-0.15, -0.1) is 0 Å². The minimum absolute atomic E-state index is 0.0274. The molecule has 270 valence electrons. The van der Waals surface area contributed by atoms with Gasteiger partial charge in [0, 0.05) is 36.7 Å². The average Bonchev–Trinajstić information content (AvgIpc) is 3.13. The maximum Gasteiger partial charge on any atom is 0.407 e. The van der Waals surface area contributed by atoms with Crippen LogP contribution in [0.3, 0.4) is 0 Å². The summed E-state index contributed by atoms with van der Waals surface area (Å²) in [5.41, 5.74) is 4.31. The van der Waals surface area contributed by atoms with Crippen LogP contribution in [0.25, 0.3) is 0 Å². The van der Waals surface area contributed by atoms with E-state index in [1.165, 1.54) is 4.90 Å². The van der Waals surface area contributed by atoms with Gasteiger partial charge in [0.05, 0.1) is 24.4 Å². The molecule has 2 aromatic heterocycles. The number of benzene rings is 2. The molecule has 0 spiro atoms. The fourth-order valence-corrected chi connectivity index (χ4v) is 5.72. The number of urea groups is 1. The summed E-state index contributed by atoms with van der Waals surface area (Å²) >= 11 is 0. The third-order valence-electron chi connectivity index (χ3n) is 8.56. The van der Waals surface area contributed by atoms with Crippen LogP contribution in [-0.2, 0) is 41.9 Å². The molecule has 4 aromatic rings. The molecule has 0 aliphatic rings. The third-order valence-corrected chi connectivity index (χ3v) is 8.56. The van der Waals surface area contributed by atoms with Crippen LogP contribution in [0.2, 0.25) is 0 Å². The van der Waals surface area contributed by atoms with Gasteiger partial charge in [0.25, 0.3) is 0 Å². The molecule has 1 unspecified atom stereocenters. The Labute approximate surface area is 300 Å². The fraction of sp³-hybridized carbons (Fsp3) is 0.375. The quantitative estimate of drug-likeness (QED) is 0.119. The largest absolute Gasteiger partial charge is 0.445 e. The molecular formula is C40H50N6O5. The van der Waals surface area contributed by atoms with Crippen molar-refractivity contribution in [1.29, 1.82) is 0 Å². The minimum atomic E-state index is -1.06. The Morgan fingerprint density at radius 1 is 0.804 bits per heavy atom. The van der Waals surface area contributed by atoms with Gasteiger partial charge in [-0.2, -0.15) is 0 Å². The Kier molecular flexibility index (Phi) is 14.9. The second-order valence-electron chi connectivity index (χ2n) is 13.1. The van der Waals surface area contributed by atoms with E-state index in [0.29, 0.717) is 12.8 Å². The molecule has 4 amide bonds. The number of carbonyl (C=O) groups is 3. The summed E-state index contributed by atoms with van der Waals surface area (Å²) in [6, 6.07) is 26.0. The summed E-state index contributed by atoms with van der Waals surface area (Å²) in [6.45, 7) is 6.08. The number of nitrogens with zero attached hydrogens (tertiary/aromatic N) is 3. The lowest BCUT2D eigenvalue weighted by Crippen LogP contribution is -2.55. The van der Waals surface area contributed by atoms with Crippen LogP contribution in [0, 0.1) is 5.92 Å². The molecule has 0 fully saturated rings. The molecule has 0 aliphatic carbocycles. The number of amides is 4. The van der Waals surface area contributed by atoms with E-state index in [4.69, 9.17) is 4.74 Å². The Morgan fingerprint density at radius 2 is 1.45 bits per heavy atom. The van der Waals surface area contributed by atoms with Crippen molar-refractivity contribution in [2.24, 2.45) is 5.92 Å². The van der Waals surface area contributed by atoms with Gasteiger partial charge in [0.15, 0.2) is 0 Å². The zero-order valence-corrected chi connectivity index (χ0v) is 29.9. The number of ether oxygens (including phenoxy) is 1. The molecule has 0 saturated heterocycles. The summed E-state index contributed by atoms with van der Waals surface area (Å²) in [7, 11) is 1.67. The first-order chi connectivity index (χ1) is 24.6. The molecule has 4 N–H and O–H groups in total. The predicted octanol–water partition coefficient (Wildman–Crippen LogP) is 5.22. The first-order valence-corrected chi connectivity index (χ1v) is 17.5. The second-order valence-corrected chi connectivity index (χ2v) is 13.1. The summed E-state index contributed by atoms with van der Waals surface area (Å²) in [4.78, 5) is 50.3. The van der Waals surface area contributed by atoms with Crippen molar-refractivity contribution in [3.63, 3.8) is 0 Å². The van der Waals surface area contributed by atoms with Crippen LogP contribution in [-0.4, -0.2) is 69.3 Å². The molecule has 0 aliphatic heterocycles. The summed E-state index contributed by atoms with van der Waals surface area (Å²) in [5.74, 6) is -0.595. The van der Waals surface area contributed by atoms with Gasteiger partial charge in [-0.3, -0.25) is 14.8 Å². The number of rotatable bonds is 17. The monoisotopic (exact) mass is 694 g/mol. The van der Waals surface area contributed by atoms with Crippen molar-refractivity contribution in [2.45, 2.75) is 83.8 Å². The number of hydrogen-bond donors (Lipinski definition) is 4. The maximum atomic E-state index is 13.9. The van der Waals surface area contributed by atoms with Gasteiger partial charge in [-0.05, 0) is 60.9 Å². The van der Waals surface area contributed by atoms with E-state index in [1.54, 1.807) is 31.6 Å². The van der Waals surface area contributed by atoms with Gasteiger partial charge in [0.1, 0.15) is 12.6 Å². The van der Waals surface area contributed by atoms with Gasteiger partial charge in [-0.25, -0.2) is 9.59 Å². The normalized spacial score (nSPS) is 13.4. The number of alkyl carbamates (subject to hydrolysis) is 1. The average molecular weight is 695 g/mol.